The molecule has 1 spiro atoms. The first-order valence-electron chi connectivity index (χ1n) is 9.29. The van der Waals surface area contributed by atoms with Crippen molar-refractivity contribution in [1.82, 2.24) is 14.8 Å². The molecule has 2 aliphatic heterocycles. The van der Waals surface area contributed by atoms with Crippen molar-refractivity contribution in [3.8, 4) is 0 Å². The van der Waals surface area contributed by atoms with Crippen molar-refractivity contribution in [3.63, 3.8) is 0 Å². The number of nitrogens with one attached hydrogen (secondary N) is 1. The van der Waals surface area contributed by atoms with Gasteiger partial charge in [0.25, 0.3) is 0 Å². The predicted molar refractivity (Wildman–Crippen MR) is 105 cm³/mol. The summed E-state index contributed by atoms with van der Waals surface area (Å²) in [5.74, 6) is 0.689. The van der Waals surface area contributed by atoms with Gasteiger partial charge in [-0.15, -0.1) is 11.3 Å². The number of anilines is 1. The van der Waals surface area contributed by atoms with Gasteiger partial charge in [-0.2, -0.15) is 0 Å². The zero-order chi connectivity index (χ0) is 17.3. The summed E-state index contributed by atoms with van der Waals surface area (Å²) in [5, 5.41) is 6.33. The van der Waals surface area contributed by atoms with Gasteiger partial charge in [-0.25, -0.2) is 4.98 Å². The number of aromatic nitrogens is 1. The standard InChI is InChI=1S/C20H28N4S/c1-21-19-22-18(15-25-19)14-24-10-8-20(9-11-24)12-17(13-23(20)2)16-6-4-3-5-7-16/h3-7,15,17H,8-14H2,1-2H3,(H,21,22). The highest BCUT2D eigenvalue weighted by atomic mass is 32.1. The van der Waals surface area contributed by atoms with Crippen molar-refractivity contribution in [2.45, 2.75) is 37.3 Å². The normalized spacial score (nSPS) is 24.0. The first-order chi connectivity index (χ1) is 12.2. The molecule has 1 aromatic carbocycles. The Labute approximate surface area is 154 Å². The average Bonchev–Trinajstić information content (AvgIpc) is 3.23. The van der Waals surface area contributed by atoms with Crippen LogP contribution >= 0.6 is 11.3 Å². The van der Waals surface area contributed by atoms with Crippen LogP contribution in [0.15, 0.2) is 35.7 Å². The van der Waals surface area contributed by atoms with E-state index < -0.39 is 0 Å². The molecule has 1 unspecified atom stereocenters. The van der Waals surface area contributed by atoms with E-state index in [1.165, 1.54) is 50.2 Å². The van der Waals surface area contributed by atoms with Crippen LogP contribution in [0, 0.1) is 0 Å². The van der Waals surface area contributed by atoms with Gasteiger partial charge in [0.15, 0.2) is 5.13 Å². The molecule has 2 aliphatic rings. The lowest BCUT2D eigenvalue weighted by Crippen LogP contribution is -2.50. The van der Waals surface area contributed by atoms with Gasteiger partial charge in [-0.05, 0) is 37.8 Å². The molecule has 1 atom stereocenters. The quantitative estimate of drug-likeness (QED) is 0.906. The number of rotatable bonds is 4. The molecule has 4 rings (SSSR count). The zero-order valence-electron chi connectivity index (χ0n) is 15.2. The van der Waals surface area contributed by atoms with Gasteiger partial charge in [0, 0.05) is 44.1 Å². The Morgan fingerprint density at radius 2 is 2.00 bits per heavy atom. The minimum Gasteiger partial charge on any atom is -0.365 e. The van der Waals surface area contributed by atoms with Gasteiger partial charge in [0.1, 0.15) is 0 Å². The third-order valence-corrected chi connectivity index (χ3v) is 7.05. The fourth-order valence-corrected chi connectivity index (χ4v) is 5.25. The lowest BCUT2D eigenvalue weighted by atomic mass is 9.81. The first kappa shape index (κ1) is 17.0. The summed E-state index contributed by atoms with van der Waals surface area (Å²) in [6.45, 7) is 4.54. The predicted octanol–water partition coefficient (Wildman–Crippen LogP) is 3.64. The maximum absolute atomic E-state index is 4.63. The van der Waals surface area contributed by atoms with E-state index in [2.05, 4.69) is 62.9 Å². The summed E-state index contributed by atoms with van der Waals surface area (Å²) in [5.41, 5.74) is 3.11. The van der Waals surface area contributed by atoms with Crippen molar-refractivity contribution in [2.75, 3.05) is 39.0 Å². The van der Waals surface area contributed by atoms with E-state index in [1.54, 1.807) is 11.3 Å². The van der Waals surface area contributed by atoms with E-state index in [9.17, 15) is 0 Å². The second kappa shape index (κ2) is 7.06. The molecule has 25 heavy (non-hydrogen) atoms. The number of hydrogen-bond donors (Lipinski definition) is 1. The highest BCUT2D eigenvalue weighted by Crippen LogP contribution is 2.44. The van der Waals surface area contributed by atoms with Crippen LogP contribution in [-0.4, -0.2) is 54.1 Å². The van der Waals surface area contributed by atoms with Crippen LogP contribution in [0.5, 0.6) is 0 Å². The SMILES string of the molecule is CNc1nc(CN2CCC3(CC2)CC(c2ccccc2)CN3C)cs1. The maximum Gasteiger partial charge on any atom is 0.182 e. The van der Waals surface area contributed by atoms with E-state index in [1.807, 2.05) is 7.05 Å². The fourth-order valence-electron chi connectivity index (χ4n) is 4.59. The monoisotopic (exact) mass is 356 g/mol. The van der Waals surface area contributed by atoms with Crippen molar-refractivity contribution < 1.29 is 0 Å². The second-order valence-electron chi connectivity index (χ2n) is 7.59. The Bertz CT molecular complexity index is 691. The van der Waals surface area contributed by atoms with Crippen LogP contribution in [0.3, 0.4) is 0 Å². The number of nitrogens with zero attached hydrogens (tertiary/aromatic N) is 3. The van der Waals surface area contributed by atoms with Gasteiger partial charge >= 0.3 is 0 Å². The Kier molecular flexibility index (Phi) is 4.80. The smallest absolute Gasteiger partial charge is 0.182 e. The highest BCUT2D eigenvalue weighted by Gasteiger charge is 2.45. The van der Waals surface area contributed by atoms with Crippen LogP contribution in [-0.2, 0) is 6.54 Å². The number of likely N-dealkylation sites (N-methyl/N-ethyl adjacent to an activating group) is 1. The molecule has 134 valence electrons. The molecule has 0 radical (unpaired) electrons. The summed E-state index contributed by atoms with van der Waals surface area (Å²) in [4.78, 5) is 9.85. The zero-order valence-corrected chi connectivity index (χ0v) is 16.1. The van der Waals surface area contributed by atoms with Crippen molar-refractivity contribution in [3.05, 3.63) is 47.0 Å². The van der Waals surface area contributed by atoms with Gasteiger partial charge in [0.05, 0.1) is 5.69 Å². The van der Waals surface area contributed by atoms with E-state index in [-0.39, 0.29) is 0 Å². The lowest BCUT2D eigenvalue weighted by molar-refractivity contribution is 0.0668. The summed E-state index contributed by atoms with van der Waals surface area (Å²) in [7, 11) is 4.27. The molecule has 2 fully saturated rings. The fraction of sp³-hybridized carbons (Fsp3) is 0.550. The lowest BCUT2D eigenvalue weighted by Gasteiger charge is -2.43. The molecular weight excluding hydrogens is 328 g/mol. The molecule has 0 saturated carbocycles. The number of thiazole rings is 1. The van der Waals surface area contributed by atoms with Crippen molar-refractivity contribution in [1.29, 1.82) is 0 Å². The van der Waals surface area contributed by atoms with Gasteiger partial charge in [-0.3, -0.25) is 9.80 Å². The van der Waals surface area contributed by atoms with Gasteiger partial charge in [-0.1, -0.05) is 30.3 Å². The van der Waals surface area contributed by atoms with E-state index in [0.717, 1.165) is 11.7 Å². The number of hydrogen-bond acceptors (Lipinski definition) is 5. The van der Waals surface area contributed by atoms with E-state index >= 15 is 0 Å². The van der Waals surface area contributed by atoms with E-state index in [4.69, 9.17) is 0 Å². The van der Waals surface area contributed by atoms with Crippen LogP contribution in [0.25, 0.3) is 0 Å². The van der Waals surface area contributed by atoms with Gasteiger partial charge in [0.2, 0.25) is 0 Å². The van der Waals surface area contributed by atoms with Crippen molar-refractivity contribution >= 4 is 16.5 Å². The maximum atomic E-state index is 4.63. The minimum absolute atomic E-state index is 0.398. The number of benzene rings is 1. The van der Waals surface area contributed by atoms with Crippen LogP contribution < -0.4 is 5.32 Å². The molecule has 5 heteroatoms. The molecule has 4 nitrogen and oxygen atoms in total. The Hall–Kier alpha value is -1.43. The van der Waals surface area contributed by atoms with Gasteiger partial charge < -0.3 is 5.32 Å². The minimum atomic E-state index is 0.398. The Balaban J connectivity index is 1.37. The summed E-state index contributed by atoms with van der Waals surface area (Å²) in [6, 6.07) is 11.1. The third kappa shape index (κ3) is 3.46. The topological polar surface area (TPSA) is 31.4 Å². The molecule has 2 aromatic rings. The van der Waals surface area contributed by atoms with Crippen LogP contribution in [0.4, 0.5) is 5.13 Å². The molecular formula is C20H28N4S. The molecule has 0 amide bonds. The third-order valence-electron chi connectivity index (χ3n) is 6.14. The Morgan fingerprint density at radius 3 is 2.68 bits per heavy atom. The van der Waals surface area contributed by atoms with Crippen molar-refractivity contribution in [2.24, 2.45) is 0 Å². The second-order valence-corrected chi connectivity index (χ2v) is 8.44. The molecule has 0 aliphatic carbocycles. The largest absolute Gasteiger partial charge is 0.365 e. The first-order valence-corrected chi connectivity index (χ1v) is 10.2. The van der Waals surface area contributed by atoms with E-state index in [0.29, 0.717) is 11.5 Å². The number of piperidine rings is 1. The molecule has 3 heterocycles. The summed E-state index contributed by atoms with van der Waals surface area (Å²) >= 11 is 1.70. The summed E-state index contributed by atoms with van der Waals surface area (Å²) in [6.07, 6.45) is 3.85. The average molecular weight is 357 g/mol. The van der Waals surface area contributed by atoms with Crippen LogP contribution in [0.2, 0.25) is 0 Å². The Morgan fingerprint density at radius 1 is 1.24 bits per heavy atom. The number of likely N-dealkylation sites (tertiary alicyclic amines) is 2. The molecule has 0 bridgehead atoms. The summed E-state index contributed by atoms with van der Waals surface area (Å²) < 4.78 is 0. The molecule has 2 saturated heterocycles. The highest BCUT2D eigenvalue weighted by molar-refractivity contribution is 7.13. The molecule has 1 aromatic heterocycles. The molecule has 1 N–H and O–H groups in total. The van der Waals surface area contributed by atoms with Crippen LogP contribution in [0.1, 0.15) is 36.4 Å².